The maximum absolute atomic E-state index is 6.08. The largest absolute Gasteiger partial charge is 0.456 e. The summed E-state index contributed by atoms with van der Waals surface area (Å²) in [6.45, 7) is 0. The lowest BCUT2D eigenvalue weighted by Gasteiger charge is -2.12. The fourth-order valence-electron chi connectivity index (χ4n) is 7.58. The number of hydrogen-bond donors (Lipinski definition) is 0. The number of rotatable bonds is 4. The summed E-state index contributed by atoms with van der Waals surface area (Å²) in [5, 5.41) is 9.41. The Balaban J connectivity index is 1.08. The predicted octanol–water partition coefficient (Wildman–Crippen LogP) is 13.1. The molecule has 3 aromatic heterocycles. The molecule has 0 saturated carbocycles. The number of thiophene rings is 1. The molecular weight excluding hydrogens is 655 g/mol. The molecule has 5 heteroatoms. The molecule has 0 aliphatic heterocycles. The van der Waals surface area contributed by atoms with Gasteiger partial charge in [-0.15, -0.1) is 11.3 Å². The van der Waals surface area contributed by atoms with E-state index in [-0.39, 0.29) is 0 Å². The molecule has 8 aromatic carbocycles. The molecule has 0 aliphatic carbocycles. The molecule has 0 fully saturated rings. The van der Waals surface area contributed by atoms with Gasteiger partial charge in [-0.25, -0.2) is 15.0 Å². The van der Waals surface area contributed by atoms with Crippen LogP contribution >= 0.6 is 11.3 Å². The van der Waals surface area contributed by atoms with Crippen LogP contribution in [0, 0.1) is 0 Å². The van der Waals surface area contributed by atoms with Gasteiger partial charge in [0.15, 0.2) is 17.5 Å². The molecule has 11 rings (SSSR count). The molecule has 4 nitrogen and oxygen atoms in total. The van der Waals surface area contributed by atoms with Crippen molar-refractivity contribution >= 4 is 75.0 Å². The molecule has 0 unspecified atom stereocenters. The van der Waals surface area contributed by atoms with Gasteiger partial charge in [0, 0.05) is 53.0 Å². The second kappa shape index (κ2) is 11.4. The first-order chi connectivity index (χ1) is 25.7. The normalized spacial score (nSPS) is 11.8. The summed E-state index contributed by atoms with van der Waals surface area (Å²) in [6, 6.07) is 57.5. The van der Waals surface area contributed by atoms with Crippen molar-refractivity contribution in [2.75, 3.05) is 0 Å². The molecule has 0 amide bonds. The van der Waals surface area contributed by atoms with E-state index in [4.69, 9.17) is 19.4 Å². The standard InChI is InChI=1S/C47H27N3OS/c1-2-10-34-29(8-1)18-19-30-9-7-13-38(44(30)34)47-49-45(48-46(50-47)33-22-24-37-36-12-4-6-15-42(36)52-43(37)27-33)31-20-16-28(17-21-31)32-23-25-41-39(26-32)35-11-3-5-14-40(35)51-41/h1-27H. The van der Waals surface area contributed by atoms with Crippen molar-refractivity contribution < 1.29 is 4.42 Å². The lowest BCUT2D eigenvalue weighted by atomic mass is 9.97. The zero-order chi connectivity index (χ0) is 34.2. The van der Waals surface area contributed by atoms with Crippen molar-refractivity contribution in [3.8, 4) is 45.3 Å². The van der Waals surface area contributed by atoms with Gasteiger partial charge in [0.05, 0.1) is 0 Å². The van der Waals surface area contributed by atoms with E-state index in [0.717, 1.165) is 60.5 Å². The Labute approximate surface area is 302 Å². The second-order valence-corrected chi connectivity index (χ2v) is 14.3. The minimum absolute atomic E-state index is 0.636. The van der Waals surface area contributed by atoms with Gasteiger partial charge in [0.2, 0.25) is 0 Å². The highest BCUT2D eigenvalue weighted by Gasteiger charge is 2.17. The summed E-state index contributed by atoms with van der Waals surface area (Å²) in [7, 11) is 0. The van der Waals surface area contributed by atoms with Gasteiger partial charge in [-0.3, -0.25) is 0 Å². The molecule has 0 bridgehead atoms. The monoisotopic (exact) mass is 681 g/mol. The number of nitrogens with zero attached hydrogens (tertiary/aromatic N) is 3. The van der Waals surface area contributed by atoms with Crippen molar-refractivity contribution in [2.45, 2.75) is 0 Å². The van der Waals surface area contributed by atoms with Crippen LogP contribution in [0.25, 0.3) is 109 Å². The molecule has 0 atom stereocenters. The molecule has 3 heterocycles. The molecule has 242 valence electrons. The zero-order valence-electron chi connectivity index (χ0n) is 27.7. The molecule has 0 radical (unpaired) electrons. The Bertz CT molecular complexity index is 3190. The number of fused-ring (bicyclic) bond motifs is 9. The average molecular weight is 682 g/mol. The van der Waals surface area contributed by atoms with Crippen LogP contribution < -0.4 is 0 Å². The van der Waals surface area contributed by atoms with Crippen LogP contribution in [0.3, 0.4) is 0 Å². The third-order valence-electron chi connectivity index (χ3n) is 10.1. The fraction of sp³-hybridized carbons (Fsp3) is 0. The van der Waals surface area contributed by atoms with Crippen LogP contribution in [-0.2, 0) is 0 Å². The molecule has 11 aromatic rings. The lowest BCUT2D eigenvalue weighted by molar-refractivity contribution is 0.669. The van der Waals surface area contributed by atoms with Crippen molar-refractivity contribution in [3.63, 3.8) is 0 Å². The van der Waals surface area contributed by atoms with Gasteiger partial charge < -0.3 is 4.42 Å². The number of para-hydroxylation sites is 1. The Morgan fingerprint density at radius 1 is 0.365 bits per heavy atom. The summed E-state index contributed by atoms with van der Waals surface area (Å²) in [5.41, 5.74) is 6.91. The third-order valence-corrected chi connectivity index (χ3v) is 11.3. The molecule has 0 saturated heterocycles. The number of benzene rings is 8. The Morgan fingerprint density at radius 2 is 1.00 bits per heavy atom. The number of aromatic nitrogens is 3. The van der Waals surface area contributed by atoms with Crippen molar-refractivity contribution in [1.82, 2.24) is 15.0 Å². The van der Waals surface area contributed by atoms with E-state index in [1.807, 2.05) is 12.1 Å². The van der Waals surface area contributed by atoms with Gasteiger partial charge in [-0.1, -0.05) is 133 Å². The van der Waals surface area contributed by atoms with Crippen LogP contribution in [-0.4, -0.2) is 15.0 Å². The van der Waals surface area contributed by atoms with E-state index in [9.17, 15) is 0 Å². The Morgan fingerprint density at radius 3 is 1.90 bits per heavy atom. The van der Waals surface area contributed by atoms with Crippen molar-refractivity contribution in [3.05, 3.63) is 164 Å². The van der Waals surface area contributed by atoms with Crippen LogP contribution in [0.4, 0.5) is 0 Å². The summed E-state index contributed by atoms with van der Waals surface area (Å²) in [6.07, 6.45) is 0. The van der Waals surface area contributed by atoms with Gasteiger partial charge in [0.25, 0.3) is 0 Å². The van der Waals surface area contributed by atoms with Gasteiger partial charge in [0.1, 0.15) is 11.2 Å². The molecule has 0 spiro atoms. The summed E-state index contributed by atoms with van der Waals surface area (Å²) in [5.74, 6) is 1.94. The lowest BCUT2D eigenvalue weighted by Crippen LogP contribution is -2.00. The molecule has 0 aliphatic rings. The van der Waals surface area contributed by atoms with Crippen LogP contribution in [0.2, 0.25) is 0 Å². The first kappa shape index (κ1) is 29.1. The summed E-state index contributed by atoms with van der Waals surface area (Å²) in [4.78, 5) is 15.5. The van der Waals surface area contributed by atoms with Crippen molar-refractivity contribution in [1.29, 1.82) is 0 Å². The van der Waals surface area contributed by atoms with Crippen molar-refractivity contribution in [2.24, 2.45) is 0 Å². The predicted molar refractivity (Wildman–Crippen MR) is 217 cm³/mol. The summed E-state index contributed by atoms with van der Waals surface area (Å²) >= 11 is 1.80. The third kappa shape index (κ3) is 4.64. The van der Waals surface area contributed by atoms with E-state index in [2.05, 4.69) is 152 Å². The van der Waals surface area contributed by atoms with Crippen LogP contribution in [0.5, 0.6) is 0 Å². The highest BCUT2D eigenvalue weighted by molar-refractivity contribution is 7.25. The Kier molecular flexibility index (Phi) is 6.39. The van der Waals surface area contributed by atoms with E-state index in [1.54, 1.807) is 11.3 Å². The van der Waals surface area contributed by atoms with Crippen LogP contribution in [0.15, 0.2) is 168 Å². The van der Waals surface area contributed by atoms with Crippen LogP contribution in [0.1, 0.15) is 0 Å². The van der Waals surface area contributed by atoms with Gasteiger partial charge in [-0.05, 0) is 57.6 Å². The molecule has 0 N–H and O–H groups in total. The maximum atomic E-state index is 6.08. The quantitative estimate of drug-likeness (QED) is 0.174. The van der Waals surface area contributed by atoms with Gasteiger partial charge >= 0.3 is 0 Å². The topological polar surface area (TPSA) is 51.8 Å². The zero-order valence-corrected chi connectivity index (χ0v) is 28.6. The smallest absolute Gasteiger partial charge is 0.164 e. The van der Waals surface area contributed by atoms with Gasteiger partial charge in [-0.2, -0.15) is 0 Å². The Hall–Kier alpha value is -6.69. The highest BCUT2D eigenvalue weighted by Crippen LogP contribution is 2.38. The first-order valence-corrected chi connectivity index (χ1v) is 18.2. The second-order valence-electron chi connectivity index (χ2n) is 13.2. The van der Waals surface area contributed by atoms with E-state index in [1.165, 1.54) is 30.9 Å². The highest BCUT2D eigenvalue weighted by atomic mass is 32.1. The summed E-state index contributed by atoms with van der Waals surface area (Å²) < 4.78 is 8.57. The van der Waals surface area contributed by atoms with E-state index in [0.29, 0.717) is 17.5 Å². The minimum Gasteiger partial charge on any atom is -0.456 e. The SMILES string of the molecule is c1ccc2c(c1)ccc1cccc(-c3nc(-c4ccc(-c5ccc6oc7ccccc7c6c5)cc4)nc(-c4ccc5c(c4)sc4ccccc45)n3)c12. The average Bonchev–Trinajstić information content (AvgIpc) is 3.78. The molecular formula is C47H27N3OS. The number of furan rings is 1. The molecule has 52 heavy (non-hydrogen) atoms. The fourth-order valence-corrected chi connectivity index (χ4v) is 8.73. The van der Waals surface area contributed by atoms with E-state index < -0.39 is 0 Å². The maximum Gasteiger partial charge on any atom is 0.164 e. The first-order valence-electron chi connectivity index (χ1n) is 17.3. The van der Waals surface area contributed by atoms with E-state index >= 15 is 0 Å². The number of hydrogen-bond acceptors (Lipinski definition) is 5. The minimum atomic E-state index is 0.636.